The Morgan fingerprint density at radius 2 is 2.12 bits per heavy atom. The van der Waals surface area contributed by atoms with Crippen molar-refractivity contribution in [3.8, 4) is 0 Å². The minimum atomic E-state index is -0.0229. The highest BCUT2D eigenvalue weighted by atomic mass is 32.2. The fraction of sp³-hybridized carbons (Fsp3) is 0.667. The number of rotatable bonds is 7. The lowest BCUT2D eigenvalue weighted by Crippen LogP contribution is -2.30. The molecule has 1 N–H and O–H groups in total. The van der Waals surface area contributed by atoms with E-state index in [9.17, 15) is 0 Å². The third-order valence-corrected chi connectivity index (χ3v) is 3.72. The van der Waals surface area contributed by atoms with E-state index < -0.39 is 0 Å². The first-order valence-corrected chi connectivity index (χ1v) is 6.79. The van der Waals surface area contributed by atoms with E-state index in [2.05, 4.69) is 25.8 Å². The van der Waals surface area contributed by atoms with Crippen molar-refractivity contribution in [3.63, 3.8) is 0 Å². The topological polar surface area (TPSA) is 36.6 Å². The summed E-state index contributed by atoms with van der Waals surface area (Å²) in [4.78, 5) is 2.27. The second kappa shape index (κ2) is 6.99. The van der Waals surface area contributed by atoms with Gasteiger partial charge in [0.25, 0.3) is 0 Å². The molecule has 1 atom stereocenters. The van der Waals surface area contributed by atoms with E-state index in [0.29, 0.717) is 11.8 Å². The molecule has 0 radical (unpaired) electrons. The molecule has 1 aromatic heterocycles. The normalized spacial score (nSPS) is 13.3. The van der Waals surface area contributed by atoms with E-state index in [1.807, 2.05) is 23.9 Å². The van der Waals surface area contributed by atoms with E-state index >= 15 is 0 Å². The van der Waals surface area contributed by atoms with Crippen LogP contribution in [0.4, 0.5) is 0 Å². The Kier molecular flexibility index (Phi) is 5.95. The van der Waals surface area contributed by atoms with Crippen LogP contribution in [0.1, 0.15) is 25.4 Å². The molecule has 0 aliphatic rings. The lowest BCUT2D eigenvalue weighted by Gasteiger charge is -2.23. The Hall–Kier alpha value is -0.450. The molecule has 4 heteroatoms. The van der Waals surface area contributed by atoms with E-state index in [1.54, 1.807) is 0 Å². The number of furan rings is 1. The van der Waals surface area contributed by atoms with Crippen molar-refractivity contribution in [2.24, 2.45) is 0 Å². The van der Waals surface area contributed by atoms with Crippen molar-refractivity contribution in [2.75, 3.05) is 18.6 Å². The number of aliphatic hydroxyl groups is 1. The van der Waals surface area contributed by atoms with E-state index in [-0.39, 0.29) is 6.61 Å². The van der Waals surface area contributed by atoms with Gasteiger partial charge >= 0.3 is 0 Å². The summed E-state index contributed by atoms with van der Waals surface area (Å²) in [5, 5.41) is 8.90. The highest BCUT2D eigenvalue weighted by molar-refractivity contribution is 7.99. The van der Waals surface area contributed by atoms with Gasteiger partial charge in [-0.2, -0.15) is 11.8 Å². The molecule has 0 spiro atoms. The number of hydrogen-bond acceptors (Lipinski definition) is 4. The van der Waals surface area contributed by atoms with Crippen LogP contribution < -0.4 is 0 Å². The second-order valence-electron chi connectivity index (χ2n) is 3.95. The third kappa shape index (κ3) is 4.20. The smallest absolute Gasteiger partial charge is 0.129 e. The first-order valence-electron chi connectivity index (χ1n) is 5.63. The number of aliphatic hydroxyl groups excluding tert-OH is 1. The predicted octanol–water partition coefficient (Wildman–Crippen LogP) is 2.35. The molecule has 0 aliphatic heterocycles. The SMILES string of the molecule is CCSCC(C)N(C)Cc1ccc(CO)o1. The molecule has 92 valence electrons. The molecule has 0 fully saturated rings. The molecule has 0 saturated heterocycles. The van der Waals surface area contributed by atoms with E-state index in [4.69, 9.17) is 9.52 Å². The Labute approximate surface area is 102 Å². The summed E-state index contributed by atoms with van der Waals surface area (Å²) < 4.78 is 5.46. The van der Waals surface area contributed by atoms with Gasteiger partial charge in [-0.15, -0.1) is 0 Å². The largest absolute Gasteiger partial charge is 0.462 e. The number of nitrogens with zero attached hydrogens (tertiary/aromatic N) is 1. The average molecular weight is 243 g/mol. The third-order valence-electron chi connectivity index (χ3n) is 2.59. The Morgan fingerprint density at radius 1 is 1.44 bits per heavy atom. The van der Waals surface area contributed by atoms with Crippen molar-refractivity contribution in [1.29, 1.82) is 0 Å². The quantitative estimate of drug-likeness (QED) is 0.797. The zero-order chi connectivity index (χ0) is 12.0. The molecular formula is C12H21NO2S. The maximum Gasteiger partial charge on any atom is 0.129 e. The molecule has 16 heavy (non-hydrogen) atoms. The molecule has 1 rings (SSSR count). The molecule has 0 bridgehead atoms. The van der Waals surface area contributed by atoms with E-state index in [0.717, 1.165) is 23.8 Å². The first kappa shape index (κ1) is 13.6. The van der Waals surface area contributed by atoms with Crippen LogP contribution in [0.25, 0.3) is 0 Å². The number of hydrogen-bond donors (Lipinski definition) is 1. The summed E-state index contributed by atoms with van der Waals surface area (Å²) in [5.74, 6) is 3.85. The minimum Gasteiger partial charge on any atom is -0.462 e. The zero-order valence-corrected chi connectivity index (χ0v) is 11.1. The van der Waals surface area contributed by atoms with Gasteiger partial charge in [0.2, 0.25) is 0 Å². The van der Waals surface area contributed by atoms with Crippen molar-refractivity contribution in [2.45, 2.75) is 33.0 Å². The first-order chi connectivity index (χ1) is 7.67. The van der Waals surface area contributed by atoms with Crippen LogP contribution in [0.2, 0.25) is 0 Å². The van der Waals surface area contributed by atoms with Gasteiger partial charge in [-0.25, -0.2) is 0 Å². The minimum absolute atomic E-state index is 0.0229. The molecule has 0 aliphatic carbocycles. The van der Waals surface area contributed by atoms with Gasteiger partial charge in [-0.05, 0) is 31.9 Å². The van der Waals surface area contributed by atoms with Crippen LogP contribution in [0.15, 0.2) is 16.5 Å². The fourth-order valence-electron chi connectivity index (χ4n) is 1.41. The van der Waals surface area contributed by atoms with Gasteiger partial charge in [0.15, 0.2) is 0 Å². The Bertz CT molecular complexity index is 301. The Balaban J connectivity index is 2.40. The second-order valence-corrected chi connectivity index (χ2v) is 5.27. The molecule has 3 nitrogen and oxygen atoms in total. The highest BCUT2D eigenvalue weighted by Crippen LogP contribution is 2.13. The summed E-state index contributed by atoms with van der Waals surface area (Å²) >= 11 is 1.95. The number of thioether (sulfide) groups is 1. The monoisotopic (exact) mass is 243 g/mol. The van der Waals surface area contributed by atoms with Crippen molar-refractivity contribution in [1.82, 2.24) is 4.90 Å². The van der Waals surface area contributed by atoms with Crippen LogP contribution >= 0.6 is 11.8 Å². The van der Waals surface area contributed by atoms with Crippen molar-refractivity contribution >= 4 is 11.8 Å². The van der Waals surface area contributed by atoms with Gasteiger partial charge in [-0.3, -0.25) is 4.90 Å². The van der Waals surface area contributed by atoms with Crippen molar-refractivity contribution in [3.05, 3.63) is 23.7 Å². The van der Waals surface area contributed by atoms with Crippen molar-refractivity contribution < 1.29 is 9.52 Å². The van der Waals surface area contributed by atoms with Crippen LogP contribution in [-0.2, 0) is 13.2 Å². The molecule has 0 aromatic carbocycles. The van der Waals surface area contributed by atoms with Crippen LogP contribution in [0, 0.1) is 0 Å². The van der Waals surface area contributed by atoms with E-state index in [1.165, 1.54) is 0 Å². The fourth-order valence-corrected chi connectivity index (χ4v) is 2.24. The van der Waals surface area contributed by atoms with Crippen LogP contribution in [0.5, 0.6) is 0 Å². The van der Waals surface area contributed by atoms with Crippen LogP contribution in [-0.4, -0.2) is 34.6 Å². The summed E-state index contributed by atoms with van der Waals surface area (Å²) in [6, 6.07) is 4.30. The molecule has 1 unspecified atom stereocenters. The van der Waals surface area contributed by atoms with Gasteiger partial charge in [0, 0.05) is 11.8 Å². The molecular weight excluding hydrogens is 222 g/mol. The average Bonchev–Trinajstić information content (AvgIpc) is 2.73. The van der Waals surface area contributed by atoms with Crippen LogP contribution in [0.3, 0.4) is 0 Å². The molecule has 1 heterocycles. The van der Waals surface area contributed by atoms with Gasteiger partial charge in [0.05, 0.1) is 6.54 Å². The summed E-state index contributed by atoms with van der Waals surface area (Å²) in [5.41, 5.74) is 0. The van der Waals surface area contributed by atoms with Gasteiger partial charge in [0.1, 0.15) is 18.1 Å². The molecule has 0 saturated carbocycles. The lowest BCUT2D eigenvalue weighted by molar-refractivity contribution is 0.220. The predicted molar refractivity (Wildman–Crippen MR) is 68.6 cm³/mol. The summed E-state index contributed by atoms with van der Waals surface area (Å²) in [6.07, 6.45) is 0. The Morgan fingerprint density at radius 3 is 2.69 bits per heavy atom. The lowest BCUT2D eigenvalue weighted by atomic mass is 10.3. The maximum absolute atomic E-state index is 8.90. The molecule has 0 amide bonds. The van der Waals surface area contributed by atoms with Gasteiger partial charge < -0.3 is 9.52 Å². The summed E-state index contributed by atoms with van der Waals surface area (Å²) in [7, 11) is 2.10. The standard InChI is InChI=1S/C12H21NO2S/c1-4-16-9-10(2)13(3)7-11-5-6-12(8-14)15-11/h5-6,10,14H,4,7-9H2,1-3H3. The van der Waals surface area contributed by atoms with Gasteiger partial charge in [-0.1, -0.05) is 6.92 Å². The maximum atomic E-state index is 8.90. The molecule has 1 aromatic rings. The summed E-state index contributed by atoms with van der Waals surface area (Å²) in [6.45, 7) is 5.17. The zero-order valence-electron chi connectivity index (χ0n) is 10.3. The highest BCUT2D eigenvalue weighted by Gasteiger charge is 2.11.